The smallest absolute Gasteiger partial charge is 0.347 e. The second-order valence-corrected chi connectivity index (χ2v) is 22.9. The van der Waals surface area contributed by atoms with Gasteiger partial charge >= 0.3 is 5.91 Å². The normalized spacial score (nSPS) is 13.6. The average Bonchev–Trinajstić information content (AvgIpc) is 1.56. The fraction of sp³-hybridized carbons (Fsp3) is 0.477. The summed E-state index contributed by atoms with van der Waals surface area (Å²) in [5, 5.41) is 6.00. The molecule has 2 aliphatic rings. The molecule has 2 amide bonds. The van der Waals surface area contributed by atoms with E-state index in [2.05, 4.69) is 124 Å². The summed E-state index contributed by atoms with van der Waals surface area (Å²) in [6.07, 6.45) is 3.33. The van der Waals surface area contributed by atoms with Gasteiger partial charge in [-0.1, -0.05) is 125 Å². The predicted molar refractivity (Wildman–Crippen MR) is 380 cm³/mol. The first-order valence-corrected chi connectivity index (χ1v) is 28.5. The van der Waals surface area contributed by atoms with E-state index in [1.54, 1.807) is 25.4 Å². The molecule has 0 radical (unpaired) electrons. The van der Waals surface area contributed by atoms with Crippen LogP contribution in [-0.2, 0) is 22.4 Å². The summed E-state index contributed by atoms with van der Waals surface area (Å²) in [5.74, 6) is 4.85. The molecule has 8 aromatic rings. The summed E-state index contributed by atoms with van der Waals surface area (Å²) in [6.45, 7) is 17.7. The van der Waals surface area contributed by atoms with E-state index >= 15 is 0 Å². The van der Waals surface area contributed by atoms with Gasteiger partial charge in [-0.15, -0.1) is 27.3 Å². The van der Waals surface area contributed by atoms with Crippen LogP contribution in [0.15, 0.2) is 82.7 Å². The highest BCUT2D eigenvalue weighted by molar-refractivity contribution is 7.18. The number of thiazole rings is 2. The van der Waals surface area contributed by atoms with E-state index in [1.165, 1.54) is 48.8 Å². The number of fused-ring (bicyclic) bond motifs is 2. The summed E-state index contributed by atoms with van der Waals surface area (Å²) < 4.78 is 15.6. The number of aryl methyl sites for hydroxylation is 8. The van der Waals surface area contributed by atoms with Crippen LogP contribution in [0.3, 0.4) is 0 Å². The van der Waals surface area contributed by atoms with Crippen LogP contribution in [0, 0.1) is 41.5 Å². The Balaban J connectivity index is -0.000000987. The van der Waals surface area contributed by atoms with Crippen molar-refractivity contribution >= 4 is 96.0 Å². The SMILES string of the molecule is C.C.C.C.C.C.C.CC1=N[N+]2(CC2C(=O)N(C)C)C(=O)C(Cl)=C1F.CCCc1nc2ccc(C)cc2s1.CCc1nc2ccc(C)cc2s1.Cc1nc(-c2ccccc2)nc(N(C)C)n1.Cc1nc(C)nc(N(C)C)n1.Cc1nc(N(C)C)nc(N(C)C)n1. The van der Waals surface area contributed by atoms with Gasteiger partial charge in [0.15, 0.2) is 23.2 Å². The van der Waals surface area contributed by atoms with Gasteiger partial charge in [0.25, 0.3) is 11.9 Å². The molecule has 1 spiro atoms. The van der Waals surface area contributed by atoms with Gasteiger partial charge in [0, 0.05) is 76.0 Å². The van der Waals surface area contributed by atoms with E-state index in [-0.39, 0.29) is 70.2 Å². The first-order valence-electron chi connectivity index (χ1n) is 26.5. The van der Waals surface area contributed by atoms with E-state index < -0.39 is 27.4 Å². The van der Waals surface area contributed by atoms with Gasteiger partial charge in [-0.2, -0.15) is 34.9 Å². The molecule has 492 valence electrons. The van der Waals surface area contributed by atoms with Gasteiger partial charge in [-0.3, -0.25) is 4.79 Å². The Morgan fingerprint density at radius 3 is 1.38 bits per heavy atom. The Bertz CT molecular complexity index is 3490. The molecule has 2 atom stereocenters. The number of nitrogens with zero attached hydrogens (tertiary/aromatic N) is 18. The van der Waals surface area contributed by atoms with E-state index in [9.17, 15) is 14.0 Å². The van der Waals surface area contributed by atoms with Crippen LogP contribution in [0.5, 0.6) is 0 Å². The van der Waals surface area contributed by atoms with Crippen LogP contribution in [0.4, 0.5) is 28.2 Å². The maximum Gasteiger partial charge on any atom is 0.387 e. The fourth-order valence-corrected chi connectivity index (χ4v) is 10.0. The molecule has 10 rings (SSSR count). The maximum absolute atomic E-state index is 13.4. The molecule has 0 aliphatic carbocycles. The van der Waals surface area contributed by atoms with Crippen molar-refractivity contribution in [3.8, 4) is 11.4 Å². The van der Waals surface area contributed by atoms with Crippen molar-refractivity contribution in [2.24, 2.45) is 5.10 Å². The first-order chi connectivity index (χ1) is 38.7. The zero-order valence-electron chi connectivity index (χ0n) is 50.7. The number of aromatic nitrogens is 11. The van der Waals surface area contributed by atoms with Gasteiger partial charge < -0.3 is 24.5 Å². The van der Waals surface area contributed by atoms with Gasteiger partial charge in [0.2, 0.25) is 23.8 Å². The number of rotatable bonds is 9. The van der Waals surface area contributed by atoms with Crippen molar-refractivity contribution in [1.82, 2.24) is 59.7 Å². The number of carbonyl (C=O) groups is 2. The van der Waals surface area contributed by atoms with E-state index in [0.717, 1.165) is 64.5 Å². The minimum absolute atomic E-state index is 0. The van der Waals surface area contributed by atoms with Gasteiger partial charge in [-0.25, -0.2) is 29.1 Å². The van der Waals surface area contributed by atoms with Crippen LogP contribution in [0.25, 0.3) is 31.8 Å². The van der Waals surface area contributed by atoms with Crippen molar-refractivity contribution in [3.63, 3.8) is 0 Å². The number of anilines is 4. The number of halogens is 2. The summed E-state index contributed by atoms with van der Waals surface area (Å²) in [6, 6.07) is 22.2. The topological polar surface area (TPSA) is 204 Å². The lowest BCUT2D eigenvalue weighted by molar-refractivity contribution is -0.733. The lowest BCUT2D eigenvalue weighted by Crippen LogP contribution is -2.41. The third kappa shape index (κ3) is 24.0. The lowest BCUT2D eigenvalue weighted by Gasteiger charge is -2.17. The molecule has 1 saturated heterocycles. The number of allylic oxidation sites excluding steroid dienone is 1. The molecule has 7 heterocycles. The monoisotopic (exact) mass is 1290 g/mol. The highest BCUT2D eigenvalue weighted by atomic mass is 35.5. The molecule has 2 aliphatic heterocycles. The van der Waals surface area contributed by atoms with Gasteiger partial charge in [0.1, 0.15) is 29.0 Å². The third-order valence-corrected chi connectivity index (χ3v) is 14.4. The molecule has 0 bridgehead atoms. The minimum Gasteiger partial charge on any atom is -0.347 e. The number of hydrogen-bond acceptors (Lipinski definition) is 20. The number of amides is 2. The Morgan fingerprint density at radius 1 is 0.551 bits per heavy atom. The van der Waals surface area contributed by atoms with E-state index in [1.807, 2.05) is 145 Å². The number of carbonyl (C=O) groups excluding carboxylic acids is 2. The number of hydrogen-bond donors (Lipinski definition) is 0. The maximum atomic E-state index is 13.4. The summed E-state index contributed by atoms with van der Waals surface area (Å²) in [4.78, 5) is 79.5. The lowest BCUT2D eigenvalue weighted by atomic mass is 10.2. The fourth-order valence-electron chi connectivity index (χ4n) is 7.56. The quantitative estimate of drug-likeness (QED) is 0.0973. The second kappa shape index (κ2) is 38.7. The van der Waals surface area contributed by atoms with Crippen LogP contribution in [-0.4, -0.2) is 165 Å². The van der Waals surface area contributed by atoms with Crippen LogP contribution < -0.4 is 19.6 Å². The summed E-state index contributed by atoms with van der Waals surface area (Å²) >= 11 is 9.25. The van der Waals surface area contributed by atoms with Gasteiger partial charge in [-0.05, 0) is 103 Å². The van der Waals surface area contributed by atoms with Crippen molar-refractivity contribution < 1.29 is 18.6 Å². The standard InChI is InChI=1S/C12H14N4.C11H13NS.C10H12ClFN3O2.C10H11NS.C8H15N5.C7H12N4.7CH4/c1-9-13-11(10-7-5-4-6-8-10)15-12(14-9)16(2)3;1-3-4-11-12-9-6-5-8(2)7-10(9)13-11;1-5-8(12)7(11)10(17)15(13-5)4-6(15)9(16)14(2)3;1-3-10-11-8-5-4-7(2)6-9(8)12-10;1-6-9-7(12(2)3)11-8(10-6)13(4)5;1-5-8-6(2)10-7(9-5)11(3)4;;;;;;;/h4-8H,1-3H3;5-7H,3-4H2,1-2H3;6H,4H2,1-3H3;4-6H,3H2,1-2H3;1-5H3;1-4H3;7*1H4/q;;+1;;;;;;;;;;. The molecule has 2 unspecified atom stereocenters. The van der Waals surface area contributed by atoms with Crippen molar-refractivity contribution in [3.05, 3.63) is 122 Å². The Kier molecular flexibility index (Phi) is 37.3. The number of likely N-dealkylation sites (N-methyl/N-ethyl adjacent to an activating group) is 1. The van der Waals surface area contributed by atoms with E-state index in [4.69, 9.17) is 11.6 Å². The minimum atomic E-state index is -0.802. The second-order valence-electron chi connectivity index (χ2n) is 20.3. The largest absolute Gasteiger partial charge is 0.387 e. The average molecular weight is 1290 g/mol. The molecule has 1 fully saturated rings. The molecule has 0 N–H and O–H groups in total. The highest BCUT2D eigenvalue weighted by Crippen LogP contribution is 2.41. The first kappa shape index (κ1) is 85.6. The Hall–Kier alpha value is -7.60. The molecule has 20 nitrogen and oxygen atoms in total. The zero-order valence-corrected chi connectivity index (χ0v) is 53.1. The third-order valence-electron chi connectivity index (χ3n) is 11.8. The number of quaternary nitrogens is 1. The molecule has 89 heavy (non-hydrogen) atoms. The van der Waals surface area contributed by atoms with Crippen molar-refractivity contribution in [2.75, 3.05) is 96.6 Å². The molecule has 0 saturated carbocycles. The Morgan fingerprint density at radius 2 is 0.955 bits per heavy atom. The molecule has 24 heteroatoms. The zero-order chi connectivity index (χ0) is 60.7. The summed E-state index contributed by atoms with van der Waals surface area (Å²) in [5.41, 5.74) is 5.99. The Labute approximate surface area is 546 Å². The van der Waals surface area contributed by atoms with Crippen LogP contribution in [0.2, 0.25) is 0 Å². The summed E-state index contributed by atoms with van der Waals surface area (Å²) in [7, 11) is 18.5. The van der Waals surface area contributed by atoms with Crippen molar-refractivity contribution in [2.45, 2.75) is 140 Å². The molecular formula is C65H105ClFN18O2S2+. The van der Waals surface area contributed by atoms with Crippen molar-refractivity contribution in [1.29, 1.82) is 0 Å². The predicted octanol–water partition coefficient (Wildman–Crippen LogP) is 14.6. The van der Waals surface area contributed by atoms with Crippen LogP contribution >= 0.6 is 34.3 Å². The number of benzene rings is 3. The molecule has 5 aromatic heterocycles. The van der Waals surface area contributed by atoms with Gasteiger partial charge in [0.05, 0.1) is 30.4 Å². The van der Waals surface area contributed by atoms with E-state index in [0.29, 0.717) is 17.8 Å². The highest BCUT2D eigenvalue weighted by Gasteiger charge is 2.69. The molecular weight excluding hydrogens is 1180 g/mol. The molecule has 3 aromatic carbocycles. The van der Waals surface area contributed by atoms with Crippen LogP contribution in [0.1, 0.15) is 124 Å².